The lowest BCUT2D eigenvalue weighted by Crippen LogP contribution is -3.98. The molecule has 0 saturated heterocycles. The van der Waals surface area contributed by atoms with Gasteiger partial charge in [-0.15, -0.1) is 0 Å². The van der Waals surface area contributed by atoms with Crippen LogP contribution in [0.25, 0.3) is 0 Å². The van der Waals surface area contributed by atoms with Gasteiger partial charge in [-0.3, -0.25) is 0 Å². The van der Waals surface area contributed by atoms with Crippen LogP contribution in [0.2, 0.25) is 0 Å². The van der Waals surface area contributed by atoms with Gasteiger partial charge in [-0.05, 0) is 16.1 Å². The Morgan fingerprint density at radius 1 is 1.35 bits per heavy atom. The lowest BCUT2D eigenvalue weighted by atomic mass is 10.2. The van der Waals surface area contributed by atoms with Gasteiger partial charge in [-0.1, -0.05) is 32.8 Å². The van der Waals surface area contributed by atoms with Crippen LogP contribution in [0.1, 0.15) is 32.6 Å². The summed E-state index contributed by atoms with van der Waals surface area (Å²) in [5.41, 5.74) is 0. The lowest BCUT2D eigenvalue weighted by Gasteiger charge is -2.17. The minimum absolute atomic E-state index is 0.982. The van der Waals surface area contributed by atoms with Crippen molar-refractivity contribution >= 4 is 0 Å². The summed E-state index contributed by atoms with van der Waals surface area (Å²) < 4.78 is 24.5. The molecular weight excluding hydrogens is 335 g/mol. The van der Waals surface area contributed by atoms with Gasteiger partial charge in [0.2, 0.25) is 0 Å². The predicted molar refractivity (Wildman–Crippen MR) is 59.1 cm³/mol. The van der Waals surface area contributed by atoms with E-state index in [9.17, 15) is 0 Å². The molecule has 1 heterocycles. The zero-order valence-corrected chi connectivity index (χ0v) is 12.4. The van der Waals surface area contributed by atoms with E-state index in [0.717, 1.165) is 6.67 Å². The number of nitrogens with zero attached hydrogens (tertiary/aromatic N) is 2. The highest BCUT2D eigenvalue weighted by atomic mass is 127. The van der Waals surface area contributed by atoms with E-state index in [4.69, 9.17) is 10.3 Å². The average molecular weight is 356 g/mol. The van der Waals surface area contributed by atoms with Crippen molar-refractivity contribution in [1.29, 1.82) is 0 Å². The van der Waals surface area contributed by atoms with Crippen LogP contribution in [0.15, 0.2) is 25.2 Å². The van der Waals surface area contributed by atoms with Gasteiger partial charge in [0, 0.05) is 18.9 Å². The van der Waals surface area contributed by atoms with Crippen LogP contribution in [0, 0.1) is 0 Å². The van der Waals surface area contributed by atoms with Crippen LogP contribution in [0.4, 0.5) is 0 Å². The number of hydrogen-bond donors (Lipinski definition) is 1. The van der Waals surface area contributed by atoms with Gasteiger partial charge in [0.25, 0.3) is 0 Å². The molecule has 0 fully saturated rings. The zero-order chi connectivity index (χ0) is 13.1. The van der Waals surface area contributed by atoms with Crippen molar-refractivity contribution in [1.82, 2.24) is 9.80 Å². The SMILES string of the molecule is C=CN1C=CN(CCCCCC)C1.[O-][I+2]([O-])O. The quantitative estimate of drug-likeness (QED) is 0.402. The van der Waals surface area contributed by atoms with E-state index in [2.05, 4.69) is 35.7 Å². The molecular formula is C11H21IN2O3. The van der Waals surface area contributed by atoms with Crippen molar-refractivity contribution in [3.05, 3.63) is 25.2 Å². The third-order valence-electron chi connectivity index (χ3n) is 2.35. The van der Waals surface area contributed by atoms with Gasteiger partial charge >= 0.3 is 21.1 Å². The number of rotatable bonds is 6. The van der Waals surface area contributed by atoms with E-state index >= 15 is 0 Å². The molecule has 0 bridgehead atoms. The van der Waals surface area contributed by atoms with Gasteiger partial charge in [-0.2, -0.15) is 0 Å². The molecule has 0 spiro atoms. The maximum atomic E-state index is 8.68. The van der Waals surface area contributed by atoms with E-state index < -0.39 is 21.1 Å². The first kappa shape index (κ1) is 16.7. The normalized spacial score (nSPS) is 13.9. The number of halogens is 1. The first-order chi connectivity index (χ1) is 8.10. The molecule has 0 amide bonds. The molecule has 1 rings (SSSR count). The van der Waals surface area contributed by atoms with Crippen molar-refractivity contribution in [3.8, 4) is 0 Å². The Bertz CT molecular complexity index is 222. The second kappa shape index (κ2) is 10.8. The van der Waals surface area contributed by atoms with E-state index in [0.29, 0.717) is 0 Å². The highest BCUT2D eigenvalue weighted by Gasteiger charge is 2.07. The molecule has 6 heteroatoms. The van der Waals surface area contributed by atoms with Crippen LogP contribution in [-0.4, -0.2) is 26.4 Å². The Hall–Kier alpha value is -0.310. The Morgan fingerprint density at radius 3 is 2.47 bits per heavy atom. The molecule has 0 aromatic rings. The molecule has 0 atom stereocenters. The summed E-state index contributed by atoms with van der Waals surface area (Å²) in [6.07, 6.45) is 11.4. The Balaban J connectivity index is 0.000000557. The fourth-order valence-electron chi connectivity index (χ4n) is 1.49. The molecule has 1 aliphatic heterocycles. The fourth-order valence-corrected chi connectivity index (χ4v) is 1.49. The molecule has 0 unspecified atom stereocenters. The van der Waals surface area contributed by atoms with Crippen molar-refractivity contribution < 1.29 is 31.4 Å². The molecule has 17 heavy (non-hydrogen) atoms. The van der Waals surface area contributed by atoms with Crippen molar-refractivity contribution in [2.75, 3.05) is 13.2 Å². The molecule has 1 N–H and O–H groups in total. The first-order valence-electron chi connectivity index (χ1n) is 5.65. The minimum Gasteiger partial charge on any atom is -0.396 e. The predicted octanol–water partition coefficient (Wildman–Crippen LogP) is -3.17. The summed E-state index contributed by atoms with van der Waals surface area (Å²) >= 11 is -3.76. The third-order valence-corrected chi connectivity index (χ3v) is 2.35. The number of hydrogen-bond acceptors (Lipinski definition) is 5. The van der Waals surface area contributed by atoms with Crippen LogP contribution in [0.3, 0.4) is 0 Å². The molecule has 1 aliphatic rings. The Morgan fingerprint density at radius 2 is 2.00 bits per heavy atom. The molecule has 0 aromatic carbocycles. The van der Waals surface area contributed by atoms with E-state index in [1.54, 1.807) is 0 Å². The maximum Gasteiger partial charge on any atom is 0.503 e. The maximum absolute atomic E-state index is 8.68. The molecule has 0 radical (unpaired) electrons. The summed E-state index contributed by atoms with van der Waals surface area (Å²) in [6.45, 7) is 8.14. The second-order valence-electron chi connectivity index (χ2n) is 3.71. The monoisotopic (exact) mass is 356 g/mol. The van der Waals surface area contributed by atoms with E-state index in [-0.39, 0.29) is 0 Å². The lowest BCUT2D eigenvalue weighted by molar-refractivity contribution is -1.63. The standard InChI is InChI=1S/C11H20N2.HIO3/c1-3-5-6-7-8-13-10-9-12(4-2)11-13;2-1(3)4/h4,9-10H,2-3,5-8,11H2,1H3;2H. The third kappa shape index (κ3) is 10.6. The summed E-state index contributed by atoms with van der Waals surface area (Å²) in [7, 11) is 0. The Kier molecular flexibility index (Phi) is 10.6. The zero-order valence-electron chi connectivity index (χ0n) is 10.2. The van der Waals surface area contributed by atoms with E-state index in [1.165, 1.54) is 32.2 Å². The topological polar surface area (TPSA) is 72.8 Å². The smallest absolute Gasteiger partial charge is 0.396 e. The van der Waals surface area contributed by atoms with Gasteiger partial charge in [0.15, 0.2) is 0 Å². The van der Waals surface area contributed by atoms with Gasteiger partial charge in [-0.25, -0.2) is 0 Å². The first-order valence-corrected chi connectivity index (χ1v) is 8.38. The van der Waals surface area contributed by atoms with Crippen molar-refractivity contribution in [2.24, 2.45) is 0 Å². The van der Waals surface area contributed by atoms with E-state index in [1.807, 2.05) is 6.20 Å². The minimum atomic E-state index is -3.76. The highest BCUT2D eigenvalue weighted by molar-refractivity contribution is 4.94. The Labute approximate surface area is 112 Å². The van der Waals surface area contributed by atoms with Crippen LogP contribution in [0.5, 0.6) is 0 Å². The van der Waals surface area contributed by atoms with Crippen LogP contribution in [-0.2, 0) is 0 Å². The van der Waals surface area contributed by atoms with Gasteiger partial charge < -0.3 is 16.7 Å². The van der Waals surface area contributed by atoms with Crippen LogP contribution >= 0.6 is 0 Å². The summed E-state index contributed by atoms with van der Waals surface area (Å²) in [4.78, 5) is 4.43. The van der Waals surface area contributed by atoms with Crippen molar-refractivity contribution in [2.45, 2.75) is 32.6 Å². The van der Waals surface area contributed by atoms with Crippen LogP contribution < -0.4 is 27.9 Å². The highest BCUT2D eigenvalue weighted by Crippen LogP contribution is 2.08. The second-order valence-corrected chi connectivity index (χ2v) is 4.86. The largest absolute Gasteiger partial charge is 0.503 e. The van der Waals surface area contributed by atoms with Gasteiger partial charge in [0.05, 0.1) is 6.67 Å². The molecule has 5 nitrogen and oxygen atoms in total. The average Bonchev–Trinajstić information content (AvgIpc) is 2.71. The molecule has 0 saturated carbocycles. The molecule has 0 aliphatic carbocycles. The fraction of sp³-hybridized carbons (Fsp3) is 0.636. The summed E-state index contributed by atoms with van der Waals surface area (Å²) in [5.74, 6) is 0. The molecule has 0 aromatic heterocycles. The summed E-state index contributed by atoms with van der Waals surface area (Å²) in [5, 5.41) is 0. The van der Waals surface area contributed by atoms with Gasteiger partial charge in [0.1, 0.15) is 0 Å². The summed E-state index contributed by atoms with van der Waals surface area (Å²) in [6, 6.07) is 0. The number of unbranched alkanes of at least 4 members (excludes halogenated alkanes) is 3. The molecule has 100 valence electrons. The van der Waals surface area contributed by atoms with Crippen molar-refractivity contribution in [3.63, 3.8) is 0 Å².